The van der Waals surface area contributed by atoms with Crippen LogP contribution < -0.4 is 4.90 Å². The molecule has 3 rings (SSSR count). The minimum absolute atomic E-state index is 0.0647. The third-order valence-electron chi connectivity index (χ3n) is 6.17. The van der Waals surface area contributed by atoms with E-state index in [1.807, 2.05) is 35.2 Å². The Morgan fingerprint density at radius 1 is 0.933 bits per heavy atom. The van der Waals surface area contributed by atoms with Gasteiger partial charge >= 0.3 is 0 Å². The molecule has 1 aliphatic heterocycles. The van der Waals surface area contributed by atoms with Crippen molar-refractivity contribution in [2.24, 2.45) is 0 Å². The van der Waals surface area contributed by atoms with E-state index in [-0.39, 0.29) is 11.4 Å². The van der Waals surface area contributed by atoms with E-state index in [1.165, 1.54) is 5.56 Å². The SMILES string of the molecule is CCCC(=O)N(CC(C)(C)N1CCN(CCc2ccccc2)CC1)c1ccccc1. The minimum atomic E-state index is -0.0647. The third kappa shape index (κ3) is 6.16. The van der Waals surface area contributed by atoms with E-state index in [0.717, 1.165) is 57.8 Å². The van der Waals surface area contributed by atoms with Crippen LogP contribution in [0.2, 0.25) is 0 Å². The Bertz CT molecular complexity index is 767. The van der Waals surface area contributed by atoms with Crippen LogP contribution in [0.4, 0.5) is 5.69 Å². The lowest BCUT2D eigenvalue weighted by Crippen LogP contribution is -2.59. The molecular weight excluding hydrogens is 370 g/mol. The Morgan fingerprint density at radius 3 is 2.13 bits per heavy atom. The number of nitrogens with zero attached hydrogens (tertiary/aromatic N) is 3. The smallest absolute Gasteiger partial charge is 0.227 e. The summed E-state index contributed by atoms with van der Waals surface area (Å²) in [6.07, 6.45) is 2.58. The molecule has 1 saturated heterocycles. The second-order valence-electron chi connectivity index (χ2n) is 8.94. The van der Waals surface area contributed by atoms with Crippen LogP contribution in [-0.4, -0.2) is 60.5 Å². The normalized spacial score (nSPS) is 15.8. The number of para-hydroxylation sites is 1. The highest BCUT2D eigenvalue weighted by molar-refractivity contribution is 5.93. The molecule has 2 aromatic rings. The molecule has 0 saturated carbocycles. The highest BCUT2D eigenvalue weighted by Gasteiger charge is 2.33. The number of carbonyl (C=O) groups is 1. The number of amides is 1. The summed E-state index contributed by atoms with van der Waals surface area (Å²) in [6.45, 7) is 12.7. The zero-order valence-electron chi connectivity index (χ0n) is 18.9. The van der Waals surface area contributed by atoms with Crippen LogP contribution in [0, 0.1) is 0 Å². The molecule has 0 radical (unpaired) electrons. The van der Waals surface area contributed by atoms with Crippen molar-refractivity contribution in [1.82, 2.24) is 9.80 Å². The molecule has 0 atom stereocenters. The van der Waals surface area contributed by atoms with Gasteiger partial charge in [0, 0.05) is 56.9 Å². The van der Waals surface area contributed by atoms with Crippen LogP contribution in [0.15, 0.2) is 60.7 Å². The van der Waals surface area contributed by atoms with Crippen molar-refractivity contribution < 1.29 is 4.79 Å². The summed E-state index contributed by atoms with van der Waals surface area (Å²) in [7, 11) is 0. The van der Waals surface area contributed by atoms with Crippen molar-refractivity contribution in [1.29, 1.82) is 0 Å². The Balaban J connectivity index is 1.57. The minimum Gasteiger partial charge on any atom is -0.311 e. The maximum Gasteiger partial charge on any atom is 0.227 e. The predicted molar refractivity (Wildman–Crippen MR) is 126 cm³/mol. The quantitative estimate of drug-likeness (QED) is 0.614. The first-order valence-corrected chi connectivity index (χ1v) is 11.4. The highest BCUT2D eigenvalue weighted by Crippen LogP contribution is 2.24. The van der Waals surface area contributed by atoms with Gasteiger partial charge in [-0.1, -0.05) is 55.5 Å². The number of benzene rings is 2. The summed E-state index contributed by atoms with van der Waals surface area (Å²) in [4.78, 5) is 20.0. The molecule has 0 unspecified atom stereocenters. The van der Waals surface area contributed by atoms with Crippen molar-refractivity contribution in [3.63, 3.8) is 0 Å². The predicted octanol–water partition coefficient (Wildman–Crippen LogP) is 4.46. The van der Waals surface area contributed by atoms with Gasteiger partial charge in [-0.15, -0.1) is 0 Å². The summed E-state index contributed by atoms with van der Waals surface area (Å²) in [5, 5.41) is 0. The molecule has 162 valence electrons. The Morgan fingerprint density at radius 2 is 1.53 bits per heavy atom. The summed E-state index contributed by atoms with van der Waals surface area (Å²) in [6, 6.07) is 20.9. The van der Waals surface area contributed by atoms with E-state index in [9.17, 15) is 4.79 Å². The zero-order valence-corrected chi connectivity index (χ0v) is 18.9. The van der Waals surface area contributed by atoms with Gasteiger partial charge in [-0.05, 0) is 44.4 Å². The number of rotatable bonds is 9. The van der Waals surface area contributed by atoms with Crippen LogP contribution in [0.25, 0.3) is 0 Å². The van der Waals surface area contributed by atoms with Gasteiger partial charge in [-0.3, -0.25) is 9.69 Å². The van der Waals surface area contributed by atoms with Crippen LogP contribution in [0.1, 0.15) is 39.2 Å². The van der Waals surface area contributed by atoms with Crippen molar-refractivity contribution >= 4 is 11.6 Å². The van der Waals surface area contributed by atoms with Crippen LogP contribution >= 0.6 is 0 Å². The third-order valence-corrected chi connectivity index (χ3v) is 6.17. The molecule has 1 amide bonds. The van der Waals surface area contributed by atoms with Crippen LogP contribution in [0.3, 0.4) is 0 Å². The average Bonchev–Trinajstić information content (AvgIpc) is 2.78. The molecule has 4 heteroatoms. The average molecular weight is 408 g/mol. The van der Waals surface area contributed by atoms with E-state index < -0.39 is 0 Å². The van der Waals surface area contributed by atoms with Crippen molar-refractivity contribution in [2.45, 2.75) is 45.6 Å². The molecule has 1 fully saturated rings. The Kier molecular flexibility index (Phi) is 8.06. The van der Waals surface area contributed by atoms with Gasteiger partial charge in [0.25, 0.3) is 0 Å². The van der Waals surface area contributed by atoms with Crippen LogP contribution in [-0.2, 0) is 11.2 Å². The topological polar surface area (TPSA) is 26.8 Å². The molecule has 0 N–H and O–H groups in total. The van der Waals surface area contributed by atoms with Gasteiger partial charge in [-0.25, -0.2) is 0 Å². The van der Waals surface area contributed by atoms with Gasteiger partial charge in [0.1, 0.15) is 0 Å². The molecule has 4 nitrogen and oxygen atoms in total. The van der Waals surface area contributed by atoms with Gasteiger partial charge in [-0.2, -0.15) is 0 Å². The van der Waals surface area contributed by atoms with E-state index in [0.29, 0.717) is 6.42 Å². The van der Waals surface area contributed by atoms with Crippen molar-refractivity contribution in [3.8, 4) is 0 Å². The van der Waals surface area contributed by atoms with E-state index in [4.69, 9.17) is 0 Å². The summed E-state index contributed by atoms with van der Waals surface area (Å²) >= 11 is 0. The fraction of sp³-hybridized carbons (Fsp3) is 0.500. The lowest BCUT2D eigenvalue weighted by Gasteiger charge is -2.46. The second-order valence-corrected chi connectivity index (χ2v) is 8.94. The Labute approximate surface area is 182 Å². The summed E-state index contributed by atoms with van der Waals surface area (Å²) in [5.41, 5.74) is 2.35. The molecular formula is C26H37N3O. The maximum atomic E-state index is 12.9. The van der Waals surface area contributed by atoms with Gasteiger partial charge in [0.05, 0.1) is 0 Å². The number of anilines is 1. The molecule has 1 heterocycles. The van der Waals surface area contributed by atoms with E-state index in [1.54, 1.807) is 0 Å². The number of hydrogen-bond acceptors (Lipinski definition) is 3. The summed E-state index contributed by atoms with van der Waals surface area (Å²) < 4.78 is 0. The highest BCUT2D eigenvalue weighted by atomic mass is 16.2. The monoisotopic (exact) mass is 407 g/mol. The number of carbonyl (C=O) groups excluding carboxylic acids is 1. The van der Waals surface area contributed by atoms with E-state index in [2.05, 4.69) is 60.9 Å². The van der Waals surface area contributed by atoms with Crippen LogP contribution in [0.5, 0.6) is 0 Å². The lowest BCUT2D eigenvalue weighted by molar-refractivity contribution is -0.119. The molecule has 2 aromatic carbocycles. The molecule has 0 spiro atoms. The van der Waals surface area contributed by atoms with Gasteiger partial charge in [0.2, 0.25) is 5.91 Å². The first-order valence-electron chi connectivity index (χ1n) is 11.4. The first kappa shape index (κ1) is 22.5. The molecule has 0 aromatic heterocycles. The maximum absolute atomic E-state index is 12.9. The fourth-order valence-electron chi connectivity index (χ4n) is 4.28. The van der Waals surface area contributed by atoms with E-state index >= 15 is 0 Å². The lowest BCUT2D eigenvalue weighted by atomic mass is 9.99. The molecule has 0 bridgehead atoms. The molecule has 0 aliphatic carbocycles. The van der Waals surface area contributed by atoms with Crippen molar-refractivity contribution in [2.75, 3.05) is 44.2 Å². The Hall–Kier alpha value is -2.17. The van der Waals surface area contributed by atoms with Gasteiger partial charge in [0.15, 0.2) is 0 Å². The first-order chi connectivity index (χ1) is 14.5. The zero-order chi connectivity index (χ0) is 21.4. The van der Waals surface area contributed by atoms with Crippen molar-refractivity contribution in [3.05, 3.63) is 66.2 Å². The molecule has 1 aliphatic rings. The van der Waals surface area contributed by atoms with Gasteiger partial charge < -0.3 is 9.80 Å². The molecule has 30 heavy (non-hydrogen) atoms. The summed E-state index contributed by atoms with van der Waals surface area (Å²) in [5.74, 6) is 0.221. The fourth-order valence-corrected chi connectivity index (χ4v) is 4.28. The second kappa shape index (κ2) is 10.7. The largest absolute Gasteiger partial charge is 0.311 e. The number of piperazine rings is 1. The number of hydrogen-bond donors (Lipinski definition) is 0. The standard InChI is InChI=1S/C26H37N3O/c1-4-11-25(30)29(24-14-9-6-10-15-24)22-26(2,3)28-20-18-27(19-21-28)17-16-23-12-7-5-8-13-23/h5-10,12-15H,4,11,16-22H2,1-3H3.